The number of ether oxygens (including phenoxy) is 3. The summed E-state index contributed by atoms with van der Waals surface area (Å²) >= 11 is 0. The van der Waals surface area contributed by atoms with Gasteiger partial charge in [-0.05, 0) is 63.4 Å². The average Bonchev–Trinajstić information content (AvgIpc) is 3.20. The summed E-state index contributed by atoms with van der Waals surface area (Å²) < 4.78 is 57.3. The van der Waals surface area contributed by atoms with Gasteiger partial charge in [-0.3, -0.25) is 0 Å². The van der Waals surface area contributed by atoms with Crippen molar-refractivity contribution < 1.29 is 32.2 Å². The van der Waals surface area contributed by atoms with Gasteiger partial charge in [-0.25, -0.2) is 14.8 Å². The van der Waals surface area contributed by atoms with Gasteiger partial charge in [-0.15, -0.1) is 0 Å². The van der Waals surface area contributed by atoms with Crippen LogP contribution in [0.15, 0.2) is 30.3 Å². The molecule has 3 aromatic rings. The van der Waals surface area contributed by atoms with Gasteiger partial charge < -0.3 is 35.9 Å². The maximum absolute atomic E-state index is 13.4. The zero-order valence-electron chi connectivity index (χ0n) is 23.9. The molecule has 1 amide bonds. The number of nitrogens with two attached hydrogens (primary N) is 2. The predicted octanol–water partition coefficient (Wildman–Crippen LogP) is 5.05. The third-order valence-corrected chi connectivity index (χ3v) is 8.31. The van der Waals surface area contributed by atoms with E-state index in [0.717, 1.165) is 12.1 Å². The van der Waals surface area contributed by atoms with E-state index in [4.69, 9.17) is 25.7 Å². The summed E-state index contributed by atoms with van der Waals surface area (Å²) in [5.41, 5.74) is 12.0. The Bertz CT molecular complexity index is 1490. The maximum Gasteiger partial charge on any atom is 0.416 e. The summed E-state index contributed by atoms with van der Waals surface area (Å²) in [7, 11) is 1.46. The summed E-state index contributed by atoms with van der Waals surface area (Å²) in [4.78, 5) is 23.8. The fourth-order valence-corrected chi connectivity index (χ4v) is 5.75. The fourth-order valence-electron chi connectivity index (χ4n) is 5.75. The third kappa shape index (κ3) is 5.75. The zero-order valence-corrected chi connectivity index (χ0v) is 23.9. The Hall–Kier alpha value is -3.84. The van der Waals surface area contributed by atoms with Crippen molar-refractivity contribution >= 4 is 28.5 Å². The first-order valence-corrected chi connectivity index (χ1v) is 13.7. The largest absolute Gasteiger partial charge is 0.493 e. The summed E-state index contributed by atoms with van der Waals surface area (Å²) in [5.74, 6) is 1.24. The van der Waals surface area contributed by atoms with Crippen LogP contribution in [0.25, 0.3) is 10.9 Å². The van der Waals surface area contributed by atoms with E-state index in [-0.39, 0.29) is 29.0 Å². The molecule has 42 heavy (non-hydrogen) atoms. The Morgan fingerprint density at radius 3 is 2.50 bits per heavy atom. The first-order chi connectivity index (χ1) is 19.8. The average molecular weight is 589 g/mol. The second kappa shape index (κ2) is 11.1. The van der Waals surface area contributed by atoms with Crippen molar-refractivity contribution in [2.75, 3.05) is 37.9 Å². The standard InChI is InChI=1S/C29H35F3N6O4/c1-15(18-9-19(29(30,31)32)11-20(33)10-18)35-26-21-12-24(23(40-4)13-22(21)36-17(3)37-26)42-27(39)38-7-5-28(6-8-38)14-41-16(2)25(28)34/h9-13,15-16,25H,5-8,14,33-34H2,1-4H3,(H,35,36,37)/t15-,16-,25+/m1/s1. The second-order valence-electron chi connectivity index (χ2n) is 11.2. The van der Waals surface area contributed by atoms with Crippen molar-refractivity contribution in [1.29, 1.82) is 0 Å². The molecule has 0 aliphatic carbocycles. The summed E-state index contributed by atoms with van der Waals surface area (Å²) in [6, 6.07) is 5.96. The lowest BCUT2D eigenvalue weighted by Gasteiger charge is -2.40. The topological polar surface area (TPSA) is 138 Å². The van der Waals surface area contributed by atoms with Crippen molar-refractivity contribution in [3.63, 3.8) is 0 Å². The number of nitrogens with zero attached hydrogens (tertiary/aromatic N) is 3. The van der Waals surface area contributed by atoms with Crippen molar-refractivity contribution in [2.45, 2.75) is 58.0 Å². The maximum atomic E-state index is 13.4. The van der Waals surface area contributed by atoms with Crippen molar-refractivity contribution in [2.24, 2.45) is 11.1 Å². The molecule has 0 radical (unpaired) electrons. The molecule has 1 spiro atoms. The lowest BCUT2D eigenvalue weighted by atomic mass is 9.73. The molecule has 0 bridgehead atoms. The van der Waals surface area contributed by atoms with Gasteiger partial charge in [-0.2, -0.15) is 13.2 Å². The van der Waals surface area contributed by atoms with Crippen molar-refractivity contribution in [3.8, 4) is 11.5 Å². The molecular weight excluding hydrogens is 553 g/mol. The number of benzene rings is 2. The molecule has 0 saturated carbocycles. The number of fused-ring (bicyclic) bond motifs is 1. The number of likely N-dealkylation sites (tertiary alicyclic amines) is 1. The highest BCUT2D eigenvalue weighted by atomic mass is 19.4. The molecule has 0 unspecified atom stereocenters. The van der Waals surface area contributed by atoms with Gasteiger partial charge in [0, 0.05) is 41.7 Å². The van der Waals surface area contributed by atoms with E-state index in [9.17, 15) is 18.0 Å². The van der Waals surface area contributed by atoms with Crippen LogP contribution in [-0.2, 0) is 10.9 Å². The van der Waals surface area contributed by atoms with E-state index < -0.39 is 23.9 Å². The number of alkyl halides is 3. The Balaban J connectivity index is 1.39. The van der Waals surface area contributed by atoms with Gasteiger partial charge in [0.1, 0.15) is 11.6 Å². The molecule has 2 saturated heterocycles. The highest BCUT2D eigenvalue weighted by molar-refractivity contribution is 5.92. The molecule has 226 valence electrons. The lowest BCUT2D eigenvalue weighted by molar-refractivity contribution is -0.137. The molecule has 1 aromatic heterocycles. The number of nitrogens with one attached hydrogen (secondary N) is 1. The van der Waals surface area contributed by atoms with Crippen LogP contribution in [0.2, 0.25) is 0 Å². The number of anilines is 2. The number of nitrogen functional groups attached to an aromatic ring is 1. The van der Waals surface area contributed by atoms with Crippen LogP contribution in [-0.4, -0.2) is 59.9 Å². The van der Waals surface area contributed by atoms with Gasteiger partial charge >= 0.3 is 12.3 Å². The molecule has 2 fully saturated rings. The van der Waals surface area contributed by atoms with Gasteiger partial charge in [-0.1, -0.05) is 0 Å². The Morgan fingerprint density at radius 1 is 1.17 bits per heavy atom. The van der Waals surface area contributed by atoms with E-state index in [1.807, 2.05) is 6.92 Å². The van der Waals surface area contributed by atoms with E-state index in [2.05, 4.69) is 15.3 Å². The minimum atomic E-state index is -4.54. The first kappa shape index (κ1) is 29.6. The lowest BCUT2D eigenvalue weighted by Crippen LogP contribution is -2.52. The van der Waals surface area contributed by atoms with Crippen molar-refractivity contribution in [1.82, 2.24) is 14.9 Å². The minimum absolute atomic E-state index is 0.00304. The Kier molecular flexibility index (Phi) is 7.84. The van der Waals surface area contributed by atoms with Crippen molar-refractivity contribution in [3.05, 3.63) is 47.3 Å². The monoisotopic (exact) mass is 588 g/mol. The normalized spacial score (nSPS) is 21.0. The van der Waals surface area contributed by atoms with E-state index in [0.29, 0.717) is 66.4 Å². The quantitative estimate of drug-likeness (QED) is 0.350. The molecule has 5 rings (SSSR count). The highest BCUT2D eigenvalue weighted by Crippen LogP contribution is 2.42. The number of hydrogen-bond acceptors (Lipinski definition) is 9. The van der Waals surface area contributed by atoms with Gasteiger partial charge in [0.05, 0.1) is 36.9 Å². The Morgan fingerprint density at radius 2 is 1.88 bits per heavy atom. The number of carbonyl (C=O) groups is 1. The fraction of sp³-hybridized carbons (Fsp3) is 0.483. The number of piperidine rings is 1. The van der Waals surface area contributed by atoms with E-state index in [1.54, 1.807) is 30.9 Å². The summed E-state index contributed by atoms with van der Waals surface area (Å²) in [6.07, 6.45) is -3.67. The van der Waals surface area contributed by atoms with Crippen LogP contribution >= 0.6 is 0 Å². The molecule has 2 aliphatic rings. The smallest absolute Gasteiger partial charge is 0.416 e. The Labute approximate surface area is 241 Å². The van der Waals surface area contributed by atoms with Crippen LogP contribution in [0.5, 0.6) is 11.5 Å². The number of rotatable bonds is 5. The molecule has 2 aromatic carbocycles. The number of aromatic nitrogens is 2. The number of halogens is 3. The SMILES string of the molecule is COc1cc2nc(C)nc(N[C@H](C)c3cc(N)cc(C(F)(F)F)c3)c2cc1OC(=O)N1CCC2(CC1)CO[C@H](C)[C@@H]2N. The first-order valence-electron chi connectivity index (χ1n) is 13.7. The number of aryl methyl sites for hydroxylation is 1. The molecule has 2 aliphatic heterocycles. The van der Waals surface area contributed by atoms with Gasteiger partial charge in [0.15, 0.2) is 11.5 Å². The molecule has 5 N–H and O–H groups in total. The number of hydrogen-bond donors (Lipinski definition) is 3. The van der Waals surface area contributed by atoms with Crippen LogP contribution in [0.3, 0.4) is 0 Å². The van der Waals surface area contributed by atoms with Crippen LogP contribution < -0.4 is 26.3 Å². The van der Waals surface area contributed by atoms with Crippen LogP contribution in [0, 0.1) is 12.3 Å². The van der Waals surface area contributed by atoms with Gasteiger partial charge in [0.2, 0.25) is 0 Å². The van der Waals surface area contributed by atoms with Gasteiger partial charge in [0.25, 0.3) is 0 Å². The van der Waals surface area contributed by atoms with Crippen LogP contribution in [0.4, 0.5) is 29.5 Å². The summed E-state index contributed by atoms with van der Waals surface area (Å²) in [5, 5.41) is 3.67. The minimum Gasteiger partial charge on any atom is -0.493 e. The number of carbonyl (C=O) groups excluding carboxylic acids is 1. The molecule has 10 nitrogen and oxygen atoms in total. The zero-order chi connectivity index (χ0) is 30.4. The third-order valence-electron chi connectivity index (χ3n) is 8.31. The van der Waals surface area contributed by atoms with E-state index >= 15 is 0 Å². The second-order valence-corrected chi connectivity index (χ2v) is 11.2. The predicted molar refractivity (Wildman–Crippen MR) is 151 cm³/mol. The number of amides is 1. The molecule has 3 heterocycles. The molecule has 13 heteroatoms. The van der Waals surface area contributed by atoms with Crippen LogP contribution in [0.1, 0.15) is 49.7 Å². The van der Waals surface area contributed by atoms with E-state index in [1.165, 1.54) is 13.2 Å². The highest BCUT2D eigenvalue weighted by Gasteiger charge is 2.48. The molecular formula is C29H35F3N6O4. The summed E-state index contributed by atoms with van der Waals surface area (Å²) in [6.45, 7) is 6.90. The number of methoxy groups -OCH3 is 1. The molecule has 3 atom stereocenters.